The molecule has 15 heavy (non-hydrogen) atoms. The number of amides is 1. The number of hydrogen-bond acceptors (Lipinski definition) is 2. The van der Waals surface area contributed by atoms with Crippen LogP contribution in [0.3, 0.4) is 0 Å². The van der Waals surface area contributed by atoms with Gasteiger partial charge in [-0.1, -0.05) is 6.92 Å². The van der Waals surface area contributed by atoms with E-state index in [1.807, 2.05) is 4.90 Å². The van der Waals surface area contributed by atoms with Crippen LogP contribution in [0.1, 0.15) is 26.7 Å². The highest BCUT2D eigenvalue weighted by Crippen LogP contribution is 2.23. The van der Waals surface area contributed by atoms with Gasteiger partial charge in [0.25, 0.3) is 0 Å². The van der Waals surface area contributed by atoms with Crippen LogP contribution in [-0.2, 0) is 0 Å². The molecule has 4 heteroatoms. The lowest BCUT2D eigenvalue weighted by Gasteiger charge is -2.37. The fraction of sp³-hybridized carbons (Fsp3) is 0.636. The molecule has 1 fully saturated rings. The smallest absolute Gasteiger partial charge is 0.321 e. The summed E-state index contributed by atoms with van der Waals surface area (Å²) in [6.45, 7) is 5.19. The van der Waals surface area contributed by atoms with Crippen LogP contribution >= 0.6 is 0 Å². The van der Waals surface area contributed by atoms with E-state index in [0.29, 0.717) is 12.0 Å². The van der Waals surface area contributed by atoms with Crippen molar-refractivity contribution < 1.29 is 4.79 Å². The summed E-state index contributed by atoms with van der Waals surface area (Å²) in [5, 5.41) is 0. The average molecular weight is 207 g/mol. The molecule has 2 unspecified atom stereocenters. The van der Waals surface area contributed by atoms with Gasteiger partial charge in [-0.05, 0) is 25.7 Å². The Morgan fingerprint density at radius 3 is 2.93 bits per heavy atom. The molecule has 0 N–H and O–H groups in total. The van der Waals surface area contributed by atoms with Crippen molar-refractivity contribution in [1.82, 2.24) is 14.5 Å². The number of likely N-dealkylation sites (tertiary alicyclic amines) is 1. The normalized spacial score (nSPS) is 26.7. The lowest BCUT2D eigenvalue weighted by Crippen LogP contribution is -2.47. The second kappa shape index (κ2) is 4.04. The molecule has 1 aromatic heterocycles. The third-order valence-corrected chi connectivity index (χ3v) is 3.34. The molecule has 1 saturated heterocycles. The molecular weight excluding hydrogens is 190 g/mol. The highest BCUT2D eigenvalue weighted by Gasteiger charge is 2.28. The fourth-order valence-corrected chi connectivity index (χ4v) is 2.13. The summed E-state index contributed by atoms with van der Waals surface area (Å²) in [5.41, 5.74) is 0. The van der Waals surface area contributed by atoms with Crippen LogP contribution in [0.25, 0.3) is 0 Å². The second-order valence-electron chi connectivity index (χ2n) is 4.31. The summed E-state index contributed by atoms with van der Waals surface area (Å²) in [5.74, 6) is 0.589. The first-order chi connectivity index (χ1) is 7.20. The standard InChI is InChI=1S/C11H17N3O/c1-9-4-3-6-14(10(9)2)11(15)13-7-5-12-8-13/h5,7-10H,3-4,6H2,1-2H3. The van der Waals surface area contributed by atoms with Crippen molar-refractivity contribution in [3.05, 3.63) is 18.7 Å². The zero-order chi connectivity index (χ0) is 10.8. The quantitative estimate of drug-likeness (QED) is 0.652. The van der Waals surface area contributed by atoms with Crippen LogP contribution in [0, 0.1) is 5.92 Å². The monoisotopic (exact) mass is 207 g/mol. The molecule has 82 valence electrons. The Kier molecular flexibility index (Phi) is 2.75. The predicted molar refractivity (Wildman–Crippen MR) is 57.6 cm³/mol. The molecule has 2 atom stereocenters. The number of hydrogen-bond donors (Lipinski definition) is 0. The van der Waals surface area contributed by atoms with Gasteiger partial charge in [-0.2, -0.15) is 0 Å². The minimum absolute atomic E-state index is 0.0477. The topological polar surface area (TPSA) is 38.1 Å². The van der Waals surface area contributed by atoms with E-state index in [4.69, 9.17) is 0 Å². The minimum Gasteiger partial charge on any atom is -0.321 e. The molecule has 0 aromatic carbocycles. The maximum absolute atomic E-state index is 12.1. The van der Waals surface area contributed by atoms with Crippen LogP contribution < -0.4 is 0 Å². The average Bonchev–Trinajstić information content (AvgIpc) is 2.74. The molecule has 0 spiro atoms. The summed E-state index contributed by atoms with van der Waals surface area (Å²) in [7, 11) is 0. The molecule has 1 aromatic rings. The van der Waals surface area contributed by atoms with Gasteiger partial charge in [0.2, 0.25) is 0 Å². The Morgan fingerprint density at radius 1 is 1.47 bits per heavy atom. The number of carbonyl (C=O) groups is 1. The number of piperidine rings is 1. The van der Waals surface area contributed by atoms with E-state index in [9.17, 15) is 4.79 Å². The first kappa shape index (κ1) is 10.2. The zero-order valence-corrected chi connectivity index (χ0v) is 9.26. The van der Waals surface area contributed by atoms with E-state index in [-0.39, 0.29) is 6.03 Å². The third kappa shape index (κ3) is 1.89. The van der Waals surface area contributed by atoms with Gasteiger partial charge in [-0.25, -0.2) is 9.78 Å². The van der Waals surface area contributed by atoms with Crippen molar-refractivity contribution in [2.24, 2.45) is 5.92 Å². The molecule has 1 amide bonds. The van der Waals surface area contributed by atoms with Gasteiger partial charge in [-0.15, -0.1) is 0 Å². The molecule has 0 saturated carbocycles. The Bertz CT molecular complexity index is 334. The van der Waals surface area contributed by atoms with Gasteiger partial charge in [-0.3, -0.25) is 4.57 Å². The lowest BCUT2D eigenvalue weighted by molar-refractivity contribution is 0.130. The van der Waals surface area contributed by atoms with Crippen LogP contribution in [0.5, 0.6) is 0 Å². The number of carbonyl (C=O) groups excluding carboxylic acids is 1. The highest BCUT2D eigenvalue weighted by molar-refractivity contribution is 5.77. The maximum Gasteiger partial charge on any atom is 0.329 e. The van der Waals surface area contributed by atoms with Crippen LogP contribution in [0.15, 0.2) is 18.7 Å². The summed E-state index contributed by atoms with van der Waals surface area (Å²) in [6, 6.07) is 0.375. The van der Waals surface area contributed by atoms with Crippen molar-refractivity contribution in [3.63, 3.8) is 0 Å². The summed E-state index contributed by atoms with van der Waals surface area (Å²) >= 11 is 0. The van der Waals surface area contributed by atoms with E-state index in [1.165, 1.54) is 6.42 Å². The second-order valence-corrected chi connectivity index (χ2v) is 4.31. The number of aromatic nitrogens is 2. The Balaban J connectivity index is 2.13. The first-order valence-corrected chi connectivity index (χ1v) is 5.49. The van der Waals surface area contributed by atoms with Gasteiger partial charge in [0.1, 0.15) is 6.33 Å². The SMILES string of the molecule is CC1CCCN(C(=O)n2ccnc2)C1C. The molecule has 2 rings (SSSR count). The van der Waals surface area contributed by atoms with Crippen molar-refractivity contribution in [2.75, 3.05) is 6.54 Å². The van der Waals surface area contributed by atoms with Crippen molar-refractivity contribution in [1.29, 1.82) is 0 Å². The molecule has 4 nitrogen and oxygen atoms in total. The number of imidazole rings is 1. The molecule has 1 aliphatic heterocycles. The Morgan fingerprint density at radius 2 is 2.27 bits per heavy atom. The molecule has 0 radical (unpaired) electrons. The summed E-state index contributed by atoms with van der Waals surface area (Å²) in [4.78, 5) is 17.9. The summed E-state index contributed by atoms with van der Waals surface area (Å²) in [6.07, 6.45) is 7.22. The number of rotatable bonds is 0. The van der Waals surface area contributed by atoms with Crippen LogP contribution in [-0.4, -0.2) is 33.1 Å². The van der Waals surface area contributed by atoms with Gasteiger partial charge in [0.15, 0.2) is 0 Å². The van der Waals surface area contributed by atoms with Crippen LogP contribution in [0.2, 0.25) is 0 Å². The largest absolute Gasteiger partial charge is 0.329 e. The highest BCUT2D eigenvalue weighted by atomic mass is 16.2. The van der Waals surface area contributed by atoms with E-state index >= 15 is 0 Å². The predicted octanol–water partition coefficient (Wildman–Crippen LogP) is 1.97. The third-order valence-electron chi connectivity index (χ3n) is 3.34. The Labute approximate surface area is 89.9 Å². The van der Waals surface area contributed by atoms with E-state index in [0.717, 1.165) is 13.0 Å². The molecule has 0 bridgehead atoms. The lowest BCUT2D eigenvalue weighted by atomic mass is 9.92. The van der Waals surface area contributed by atoms with Gasteiger partial charge in [0, 0.05) is 25.0 Å². The minimum atomic E-state index is 0.0477. The fourth-order valence-electron chi connectivity index (χ4n) is 2.13. The molecule has 2 heterocycles. The first-order valence-electron chi connectivity index (χ1n) is 5.49. The van der Waals surface area contributed by atoms with Gasteiger partial charge in [0.05, 0.1) is 0 Å². The van der Waals surface area contributed by atoms with Crippen molar-refractivity contribution >= 4 is 6.03 Å². The summed E-state index contributed by atoms with van der Waals surface area (Å²) < 4.78 is 1.55. The van der Waals surface area contributed by atoms with Gasteiger partial charge < -0.3 is 4.90 Å². The maximum atomic E-state index is 12.1. The van der Waals surface area contributed by atoms with Crippen molar-refractivity contribution in [2.45, 2.75) is 32.7 Å². The van der Waals surface area contributed by atoms with E-state index in [1.54, 1.807) is 23.3 Å². The van der Waals surface area contributed by atoms with E-state index in [2.05, 4.69) is 18.8 Å². The van der Waals surface area contributed by atoms with E-state index < -0.39 is 0 Å². The van der Waals surface area contributed by atoms with Crippen molar-refractivity contribution in [3.8, 4) is 0 Å². The number of nitrogens with zero attached hydrogens (tertiary/aromatic N) is 3. The molecular formula is C11H17N3O. The Hall–Kier alpha value is -1.32. The van der Waals surface area contributed by atoms with Crippen LogP contribution in [0.4, 0.5) is 4.79 Å². The zero-order valence-electron chi connectivity index (χ0n) is 9.26. The molecule has 0 aliphatic carbocycles. The van der Waals surface area contributed by atoms with Gasteiger partial charge >= 0.3 is 6.03 Å². The molecule has 1 aliphatic rings.